The maximum Gasteiger partial charge on any atom is 0.305 e. The van der Waals surface area contributed by atoms with Crippen molar-refractivity contribution >= 4 is 89.5 Å². The van der Waals surface area contributed by atoms with Crippen LogP contribution in [0.5, 0.6) is 0 Å². The Kier molecular flexibility index (Phi) is 26.7. The van der Waals surface area contributed by atoms with Crippen LogP contribution in [0.3, 0.4) is 0 Å². The largest absolute Gasteiger partial charge is 0.481 e. The fraction of sp³-hybridized carbons (Fsp3) is 0.667. The molecule has 0 radical (unpaired) electrons. The molecule has 31 heteroatoms. The molecule has 1 heterocycles. The number of primary amides is 2. The smallest absolute Gasteiger partial charge is 0.305 e. The minimum absolute atomic E-state index is 0.00469. The van der Waals surface area contributed by atoms with E-state index in [9.17, 15) is 72.9 Å². The Hall–Kier alpha value is -6.86. The molecule has 1 fully saturated rings. The number of thiol groups is 1. The monoisotopic (exact) mass is 1020 g/mol. The number of aliphatic imine (C=N–C) groups is 1. The number of nitrogens with two attached hydrogens (primary N) is 5. The van der Waals surface area contributed by atoms with E-state index in [0.29, 0.717) is 6.42 Å². The first-order chi connectivity index (χ1) is 32.8. The topological polar surface area (TPSA) is 507 Å². The van der Waals surface area contributed by atoms with Gasteiger partial charge in [0.05, 0.1) is 44.7 Å². The maximum atomic E-state index is 13.5. The number of likely N-dealkylation sites (tertiary alicyclic amines) is 1. The minimum atomic E-state index is -1.70. The van der Waals surface area contributed by atoms with Crippen LogP contribution in [0.15, 0.2) is 4.99 Å². The number of hydrogen-bond acceptors (Lipinski definition) is 17. The van der Waals surface area contributed by atoms with Gasteiger partial charge in [-0.2, -0.15) is 12.6 Å². The molecule has 10 atom stereocenters. The first-order valence-electron chi connectivity index (χ1n) is 21.9. The number of aliphatic hydroxyl groups is 2. The zero-order valence-corrected chi connectivity index (χ0v) is 39.8. The second-order valence-electron chi connectivity index (χ2n) is 16.2. The molecule has 1 saturated heterocycles. The molecule has 0 spiro atoms. The summed E-state index contributed by atoms with van der Waals surface area (Å²) in [5.74, 6) is -13.5. The third kappa shape index (κ3) is 21.2. The van der Waals surface area contributed by atoms with E-state index >= 15 is 0 Å². The van der Waals surface area contributed by atoms with Crippen molar-refractivity contribution in [2.24, 2.45) is 39.6 Å². The molecule has 1 aliphatic heterocycles. The summed E-state index contributed by atoms with van der Waals surface area (Å²) in [7, 11) is 0. The second-order valence-corrected chi connectivity index (χ2v) is 16.5. The number of aliphatic hydroxyl groups excluding tert-OH is 2. The number of rotatable bonds is 31. The van der Waals surface area contributed by atoms with Crippen molar-refractivity contribution in [3.8, 4) is 0 Å². The molecule has 21 N–H and O–H groups in total. The van der Waals surface area contributed by atoms with Gasteiger partial charge in [-0.15, -0.1) is 0 Å². The predicted molar refractivity (Wildman–Crippen MR) is 248 cm³/mol. The van der Waals surface area contributed by atoms with Gasteiger partial charge in [-0.1, -0.05) is 20.3 Å². The van der Waals surface area contributed by atoms with Gasteiger partial charge in [-0.3, -0.25) is 62.5 Å². The Morgan fingerprint density at radius 1 is 0.729 bits per heavy atom. The van der Waals surface area contributed by atoms with Crippen LogP contribution in [0.4, 0.5) is 0 Å². The summed E-state index contributed by atoms with van der Waals surface area (Å²) in [6, 6.07) is -11.9. The number of nitrogens with zero attached hydrogens (tertiary/aromatic N) is 2. The van der Waals surface area contributed by atoms with Gasteiger partial charge in [0.1, 0.15) is 42.3 Å². The van der Waals surface area contributed by atoms with Crippen molar-refractivity contribution in [1.82, 2.24) is 47.4 Å². The van der Waals surface area contributed by atoms with Crippen LogP contribution in [0.25, 0.3) is 0 Å². The molecule has 30 nitrogen and oxygen atoms in total. The number of guanidine groups is 1. The number of nitrogens with one attached hydrogen (secondary N) is 8. The Morgan fingerprint density at radius 2 is 1.30 bits per heavy atom. The molecule has 70 heavy (non-hydrogen) atoms. The molecule has 0 unspecified atom stereocenters. The van der Waals surface area contributed by atoms with Gasteiger partial charge in [-0.25, -0.2) is 0 Å². The zero-order chi connectivity index (χ0) is 53.4. The quantitative estimate of drug-likeness (QED) is 0.0133. The summed E-state index contributed by atoms with van der Waals surface area (Å²) >= 11 is 4.11. The molecule has 394 valence electrons. The summed E-state index contributed by atoms with van der Waals surface area (Å²) in [5.41, 5.74) is 26.8. The lowest BCUT2D eigenvalue weighted by molar-refractivity contribution is -0.142. The molecule has 0 aromatic carbocycles. The van der Waals surface area contributed by atoms with E-state index in [4.69, 9.17) is 28.7 Å². The lowest BCUT2D eigenvalue weighted by Gasteiger charge is -2.29. The number of amides is 11. The first kappa shape index (κ1) is 61.2. The van der Waals surface area contributed by atoms with Crippen molar-refractivity contribution in [3.63, 3.8) is 0 Å². The molecule has 1 aliphatic rings. The number of hydrogen-bond donors (Lipinski definition) is 17. The Morgan fingerprint density at radius 3 is 1.84 bits per heavy atom. The molecule has 0 bridgehead atoms. The first-order valence-corrected chi connectivity index (χ1v) is 22.6. The van der Waals surface area contributed by atoms with Crippen molar-refractivity contribution in [3.05, 3.63) is 0 Å². The highest BCUT2D eigenvalue weighted by Crippen LogP contribution is 2.18. The third-order valence-electron chi connectivity index (χ3n) is 10.6. The van der Waals surface area contributed by atoms with E-state index < -0.39 is 164 Å². The van der Waals surface area contributed by atoms with E-state index in [1.54, 1.807) is 13.8 Å². The molecule has 0 saturated carbocycles. The SMILES string of the molecule is CC[C@H](C)[C@H](NC(=O)[C@H](CS)NC(=O)[C@H](CO)NC(=O)[C@@H]1CCCN1C(=O)CNC(=O)[C@H](CC(=O)O)NC(=O)CNC(=O)[C@@H](N)CCCN=C(N)N)C(=O)N[C@@H](CC(N)=O)C(=O)N[C@H](C(N)=O)[C@@H](C)O. The Balaban J connectivity index is 2.97. The van der Waals surface area contributed by atoms with Crippen LogP contribution >= 0.6 is 12.6 Å². The van der Waals surface area contributed by atoms with Gasteiger partial charge < -0.3 is 91.4 Å². The molecule has 0 aromatic heterocycles. The fourth-order valence-corrected chi connectivity index (χ4v) is 6.80. The average Bonchev–Trinajstić information content (AvgIpc) is 3.79. The molecular weight excluding hydrogens is 951 g/mol. The molecule has 0 aromatic rings. The van der Waals surface area contributed by atoms with Gasteiger partial charge in [0.15, 0.2) is 5.96 Å². The van der Waals surface area contributed by atoms with E-state index in [2.05, 4.69) is 60.2 Å². The number of carbonyl (C=O) groups is 12. The number of carbonyl (C=O) groups excluding carboxylic acids is 11. The van der Waals surface area contributed by atoms with Crippen molar-refractivity contribution in [1.29, 1.82) is 0 Å². The average molecular weight is 1020 g/mol. The molecule has 1 rings (SSSR count). The van der Waals surface area contributed by atoms with Crippen LogP contribution in [-0.4, -0.2) is 190 Å². The summed E-state index contributed by atoms with van der Waals surface area (Å²) in [6.45, 7) is 2.14. The van der Waals surface area contributed by atoms with Crippen LogP contribution in [0, 0.1) is 5.92 Å². The van der Waals surface area contributed by atoms with Crippen LogP contribution in [-0.2, 0) is 57.5 Å². The summed E-state index contributed by atoms with van der Waals surface area (Å²) in [6.07, 6.45) is -2.00. The van der Waals surface area contributed by atoms with E-state index in [-0.39, 0.29) is 50.5 Å². The Bertz CT molecular complexity index is 1940. The van der Waals surface area contributed by atoms with E-state index in [0.717, 1.165) is 11.8 Å². The van der Waals surface area contributed by atoms with E-state index in [1.807, 2.05) is 0 Å². The summed E-state index contributed by atoms with van der Waals surface area (Å²) < 4.78 is 0. The van der Waals surface area contributed by atoms with Crippen molar-refractivity contribution in [2.45, 2.75) is 120 Å². The highest BCUT2D eigenvalue weighted by Gasteiger charge is 2.38. The van der Waals surface area contributed by atoms with Gasteiger partial charge in [-0.05, 0) is 38.5 Å². The van der Waals surface area contributed by atoms with Crippen molar-refractivity contribution in [2.75, 3.05) is 38.5 Å². The van der Waals surface area contributed by atoms with Gasteiger partial charge in [0.2, 0.25) is 65.0 Å². The highest BCUT2D eigenvalue weighted by molar-refractivity contribution is 7.80. The zero-order valence-electron chi connectivity index (χ0n) is 38.9. The normalized spacial score (nSPS) is 16.9. The lowest BCUT2D eigenvalue weighted by Crippen LogP contribution is -2.62. The van der Waals surface area contributed by atoms with Gasteiger partial charge in [0.25, 0.3) is 0 Å². The fourth-order valence-electron chi connectivity index (χ4n) is 6.54. The molecule has 0 aliphatic carbocycles. The predicted octanol–water partition coefficient (Wildman–Crippen LogP) is -9.32. The van der Waals surface area contributed by atoms with Crippen LogP contribution in [0.1, 0.15) is 65.7 Å². The van der Waals surface area contributed by atoms with Gasteiger partial charge in [0, 0.05) is 18.8 Å². The summed E-state index contributed by atoms with van der Waals surface area (Å²) in [4.78, 5) is 158. The highest BCUT2D eigenvalue weighted by atomic mass is 32.1. The van der Waals surface area contributed by atoms with Crippen LogP contribution < -0.4 is 71.2 Å². The van der Waals surface area contributed by atoms with Gasteiger partial charge >= 0.3 is 5.97 Å². The second kappa shape index (κ2) is 30.6. The molecular formula is C39H67N15O15S. The molecule has 11 amide bonds. The number of carboxylic acids is 1. The standard InChI is InChI=1S/C39H67N15O15S/c1-4-17(2)29(38(69)49-20(11-25(41)57)34(65)53-30(18(3)56)31(42)62)52-36(67)23(16-70)51-35(66)22(15-55)50-37(68)24-8-6-10-54(24)27(59)14-47-33(64)21(12-28(60)61)48-26(58)13-46-32(63)19(40)7-5-9-45-39(43)44/h17-24,29-30,55-56,70H,4-16,40H2,1-3H3,(H2,41,57)(H2,42,62)(H,46,63)(H,47,64)(H,48,58)(H,49,69)(H,50,68)(H,51,66)(H,52,67)(H,53,65)(H,60,61)(H4,43,44,45)/t17-,18+,19-,20-,21-,22-,23-,24-,29-,30-/m0/s1. The minimum Gasteiger partial charge on any atom is -0.481 e. The maximum absolute atomic E-state index is 13.5. The number of carboxylic acid groups (broad SMARTS) is 1. The summed E-state index contributed by atoms with van der Waals surface area (Å²) in [5, 5.41) is 47.4. The van der Waals surface area contributed by atoms with Crippen molar-refractivity contribution < 1.29 is 72.9 Å². The van der Waals surface area contributed by atoms with E-state index in [1.165, 1.54) is 0 Å². The lowest BCUT2D eigenvalue weighted by atomic mass is 9.97. The number of aliphatic carboxylic acids is 1. The van der Waals surface area contributed by atoms with Crippen LogP contribution in [0.2, 0.25) is 0 Å². The Labute approximate surface area is 407 Å². The third-order valence-corrected chi connectivity index (χ3v) is 11.0.